The highest BCUT2D eigenvalue weighted by Crippen LogP contribution is 2.45. The van der Waals surface area contributed by atoms with Crippen molar-refractivity contribution >= 4 is 11.0 Å². The van der Waals surface area contributed by atoms with Crippen LogP contribution in [0.3, 0.4) is 0 Å². The summed E-state index contributed by atoms with van der Waals surface area (Å²) in [5, 5.41) is 5.21. The third kappa shape index (κ3) is 1.56. The van der Waals surface area contributed by atoms with Crippen LogP contribution >= 0.6 is 0 Å². The lowest BCUT2D eigenvalue weighted by Gasteiger charge is -2.37. The van der Waals surface area contributed by atoms with Crippen LogP contribution in [0, 0.1) is 0 Å². The lowest BCUT2D eigenvalue weighted by atomic mass is 9.78. The van der Waals surface area contributed by atoms with E-state index in [1.165, 1.54) is 19.3 Å². The van der Waals surface area contributed by atoms with Gasteiger partial charge in [-0.3, -0.25) is 5.14 Å². The van der Waals surface area contributed by atoms with Crippen molar-refractivity contribution in [2.75, 3.05) is 5.75 Å². The molecule has 1 saturated heterocycles. The van der Waals surface area contributed by atoms with Crippen LogP contribution in [0.15, 0.2) is 0 Å². The van der Waals surface area contributed by atoms with Gasteiger partial charge in [-0.1, -0.05) is 0 Å². The molecule has 2 fully saturated rings. The van der Waals surface area contributed by atoms with Gasteiger partial charge in [-0.05, 0) is 32.1 Å². The molecule has 1 spiro atoms. The monoisotopic (exact) mass is 189 g/mol. The molecule has 0 radical (unpaired) electrons. The fourth-order valence-electron chi connectivity index (χ4n) is 2.13. The Kier molecular flexibility index (Phi) is 2.23. The maximum absolute atomic E-state index is 10.7. The van der Waals surface area contributed by atoms with Crippen LogP contribution < -0.4 is 5.14 Å². The van der Waals surface area contributed by atoms with E-state index in [-0.39, 0.29) is 11.7 Å². The summed E-state index contributed by atoms with van der Waals surface area (Å²) in [4.78, 5) is 0. The molecular formula is C8H15NO2S. The molecule has 70 valence electrons. The van der Waals surface area contributed by atoms with Crippen molar-refractivity contribution in [3.63, 3.8) is 0 Å². The van der Waals surface area contributed by atoms with Crippen LogP contribution in [0.5, 0.6) is 0 Å². The summed E-state index contributed by atoms with van der Waals surface area (Å²) in [5.74, 6) is 0.516. The maximum Gasteiger partial charge on any atom is 0.0914 e. The highest BCUT2D eigenvalue weighted by Gasteiger charge is 2.44. The third-order valence-electron chi connectivity index (χ3n) is 2.95. The van der Waals surface area contributed by atoms with Crippen LogP contribution in [0.1, 0.15) is 32.1 Å². The van der Waals surface area contributed by atoms with Gasteiger partial charge in [0.25, 0.3) is 0 Å². The van der Waals surface area contributed by atoms with Crippen molar-refractivity contribution < 1.29 is 8.95 Å². The lowest BCUT2D eigenvalue weighted by molar-refractivity contribution is -0.0840. The van der Waals surface area contributed by atoms with E-state index in [9.17, 15) is 4.21 Å². The van der Waals surface area contributed by atoms with E-state index in [4.69, 9.17) is 9.88 Å². The standard InChI is InChI=1S/C8H15NO2S/c9-12(10)6-7-2-5-8(11-7)3-1-4-8/h7H,1-6,9H2. The van der Waals surface area contributed by atoms with Gasteiger partial charge < -0.3 is 4.74 Å². The molecule has 1 saturated carbocycles. The predicted molar refractivity (Wildman–Crippen MR) is 47.9 cm³/mol. The maximum atomic E-state index is 10.7. The minimum Gasteiger partial charge on any atom is -0.371 e. The summed E-state index contributed by atoms with van der Waals surface area (Å²) in [5.41, 5.74) is 0.185. The van der Waals surface area contributed by atoms with Crippen LogP contribution in [-0.2, 0) is 15.7 Å². The van der Waals surface area contributed by atoms with Gasteiger partial charge in [-0.15, -0.1) is 0 Å². The SMILES string of the molecule is NS(=O)CC1CCC2(CCC2)O1. The first-order valence-corrected chi connectivity index (χ1v) is 5.89. The number of nitrogens with two attached hydrogens (primary N) is 1. The Morgan fingerprint density at radius 3 is 2.67 bits per heavy atom. The zero-order chi connectivity index (χ0) is 8.60. The average Bonchev–Trinajstić information content (AvgIpc) is 2.29. The minimum atomic E-state index is -1.19. The molecule has 1 aliphatic heterocycles. The van der Waals surface area contributed by atoms with Crippen molar-refractivity contribution in [1.29, 1.82) is 0 Å². The van der Waals surface area contributed by atoms with E-state index >= 15 is 0 Å². The summed E-state index contributed by atoms with van der Waals surface area (Å²) in [6, 6.07) is 0. The topological polar surface area (TPSA) is 52.3 Å². The Bertz CT molecular complexity index is 203. The van der Waals surface area contributed by atoms with E-state index in [1.807, 2.05) is 0 Å². The van der Waals surface area contributed by atoms with E-state index in [0.29, 0.717) is 5.75 Å². The fraction of sp³-hybridized carbons (Fsp3) is 1.00. The van der Waals surface area contributed by atoms with Gasteiger partial charge in [0.05, 0.1) is 28.4 Å². The van der Waals surface area contributed by atoms with Gasteiger partial charge in [0.1, 0.15) is 0 Å². The molecule has 4 heteroatoms. The third-order valence-corrected chi connectivity index (χ3v) is 3.65. The molecule has 2 atom stereocenters. The van der Waals surface area contributed by atoms with E-state index in [1.54, 1.807) is 0 Å². The van der Waals surface area contributed by atoms with Crippen molar-refractivity contribution in [2.45, 2.75) is 43.8 Å². The second kappa shape index (κ2) is 3.09. The van der Waals surface area contributed by atoms with Gasteiger partial charge in [-0.25, -0.2) is 4.21 Å². The van der Waals surface area contributed by atoms with Gasteiger partial charge >= 0.3 is 0 Å². The molecular weight excluding hydrogens is 174 g/mol. The van der Waals surface area contributed by atoms with E-state index in [0.717, 1.165) is 12.8 Å². The highest BCUT2D eigenvalue weighted by molar-refractivity contribution is 7.82. The first-order chi connectivity index (χ1) is 5.70. The quantitative estimate of drug-likeness (QED) is 0.695. The van der Waals surface area contributed by atoms with Crippen molar-refractivity contribution in [2.24, 2.45) is 5.14 Å². The average molecular weight is 189 g/mol. The second-order valence-electron chi connectivity index (χ2n) is 3.86. The first kappa shape index (κ1) is 8.66. The van der Waals surface area contributed by atoms with Crippen molar-refractivity contribution in [1.82, 2.24) is 0 Å². The number of ether oxygens (including phenoxy) is 1. The molecule has 3 nitrogen and oxygen atoms in total. The first-order valence-electron chi connectivity index (χ1n) is 4.51. The molecule has 2 N–H and O–H groups in total. The fourth-order valence-corrected chi connectivity index (χ4v) is 2.74. The smallest absolute Gasteiger partial charge is 0.0914 e. The Morgan fingerprint density at radius 2 is 2.25 bits per heavy atom. The molecule has 12 heavy (non-hydrogen) atoms. The predicted octanol–water partition coefficient (Wildman–Crippen LogP) is 0.710. The van der Waals surface area contributed by atoms with Crippen molar-refractivity contribution in [3.05, 3.63) is 0 Å². The highest BCUT2D eigenvalue weighted by atomic mass is 32.2. The zero-order valence-corrected chi connectivity index (χ0v) is 7.94. The van der Waals surface area contributed by atoms with Gasteiger partial charge in [0.2, 0.25) is 0 Å². The summed E-state index contributed by atoms with van der Waals surface area (Å²) >= 11 is 0. The second-order valence-corrected chi connectivity index (χ2v) is 4.96. The number of rotatable bonds is 2. The molecule has 0 bridgehead atoms. The Morgan fingerprint density at radius 1 is 1.50 bits per heavy atom. The molecule has 0 aromatic rings. The molecule has 2 aliphatic rings. The normalized spacial score (nSPS) is 34.9. The lowest BCUT2D eigenvalue weighted by Crippen LogP contribution is -2.37. The number of hydrogen-bond acceptors (Lipinski definition) is 2. The largest absolute Gasteiger partial charge is 0.371 e. The molecule has 0 aromatic carbocycles. The summed E-state index contributed by atoms with van der Waals surface area (Å²) in [6.45, 7) is 0. The Labute approximate surface area is 75.2 Å². The molecule has 2 rings (SSSR count). The Hall–Kier alpha value is 0.0700. The minimum absolute atomic E-state index is 0.163. The molecule has 2 unspecified atom stereocenters. The molecule has 1 heterocycles. The van der Waals surface area contributed by atoms with Crippen molar-refractivity contribution in [3.8, 4) is 0 Å². The van der Waals surface area contributed by atoms with E-state index in [2.05, 4.69) is 0 Å². The van der Waals surface area contributed by atoms with Gasteiger partial charge in [0, 0.05) is 0 Å². The summed E-state index contributed by atoms with van der Waals surface area (Å²) in [6.07, 6.45) is 6.04. The molecule has 0 amide bonds. The molecule has 1 aliphatic carbocycles. The van der Waals surface area contributed by atoms with Gasteiger partial charge in [-0.2, -0.15) is 0 Å². The van der Waals surface area contributed by atoms with Crippen LogP contribution in [0.2, 0.25) is 0 Å². The summed E-state index contributed by atoms with van der Waals surface area (Å²) in [7, 11) is -1.19. The Balaban J connectivity index is 1.85. The van der Waals surface area contributed by atoms with Crippen LogP contribution in [0.25, 0.3) is 0 Å². The van der Waals surface area contributed by atoms with Crippen LogP contribution in [0.4, 0.5) is 0 Å². The van der Waals surface area contributed by atoms with Gasteiger partial charge in [0.15, 0.2) is 0 Å². The van der Waals surface area contributed by atoms with E-state index < -0.39 is 11.0 Å². The van der Waals surface area contributed by atoms with Crippen LogP contribution in [-0.4, -0.2) is 21.7 Å². The zero-order valence-electron chi connectivity index (χ0n) is 7.12. The molecule has 0 aromatic heterocycles. The number of hydrogen-bond donors (Lipinski definition) is 1. The summed E-state index contributed by atoms with van der Waals surface area (Å²) < 4.78 is 16.5.